The van der Waals surface area contributed by atoms with Crippen LogP contribution in [0, 0.1) is 11.3 Å². The molecule has 0 saturated carbocycles. The minimum Gasteiger partial charge on any atom is -0.312 e. The highest BCUT2D eigenvalue weighted by molar-refractivity contribution is 7.89. The topological polar surface area (TPSA) is 73.2 Å². The average Bonchev–Trinajstić information content (AvgIpc) is 2.04. The molecule has 0 aliphatic carbocycles. The lowest BCUT2D eigenvalue weighted by Crippen LogP contribution is -2.51. The van der Waals surface area contributed by atoms with Gasteiger partial charge in [-0.3, -0.25) is 0 Å². The van der Waals surface area contributed by atoms with Crippen molar-refractivity contribution in [3.63, 3.8) is 0 Å². The van der Waals surface area contributed by atoms with E-state index in [0.29, 0.717) is 19.6 Å². The second-order valence-electron chi connectivity index (χ2n) is 3.13. The van der Waals surface area contributed by atoms with E-state index in [0.717, 1.165) is 0 Å². The SMILES string of the molecule is CC1CN(S(=O)(=O)CC#N)CCN1. The smallest absolute Gasteiger partial charge is 0.227 e. The fourth-order valence-corrected chi connectivity index (χ4v) is 2.49. The zero-order chi connectivity index (χ0) is 9.90. The molecule has 1 fully saturated rings. The summed E-state index contributed by atoms with van der Waals surface area (Å²) < 4.78 is 24.2. The second kappa shape index (κ2) is 4.05. The number of nitriles is 1. The molecule has 0 aromatic carbocycles. The third-order valence-electron chi connectivity index (χ3n) is 1.97. The first-order valence-corrected chi connectivity index (χ1v) is 5.75. The summed E-state index contributed by atoms with van der Waals surface area (Å²) in [6.45, 7) is 3.51. The summed E-state index contributed by atoms with van der Waals surface area (Å²) in [5.74, 6) is -0.417. The van der Waals surface area contributed by atoms with Crippen molar-refractivity contribution >= 4 is 10.0 Å². The van der Waals surface area contributed by atoms with Crippen molar-refractivity contribution in [2.45, 2.75) is 13.0 Å². The van der Waals surface area contributed by atoms with Crippen LogP contribution in [0.25, 0.3) is 0 Å². The normalized spacial score (nSPS) is 25.4. The van der Waals surface area contributed by atoms with E-state index in [1.54, 1.807) is 6.07 Å². The number of hydrogen-bond donors (Lipinski definition) is 1. The Bertz CT molecular complexity index is 306. The van der Waals surface area contributed by atoms with Gasteiger partial charge in [0.15, 0.2) is 5.75 Å². The number of nitrogens with zero attached hydrogens (tertiary/aromatic N) is 2. The van der Waals surface area contributed by atoms with Crippen LogP contribution in [0.4, 0.5) is 0 Å². The number of sulfonamides is 1. The fourth-order valence-electron chi connectivity index (χ4n) is 1.32. The molecule has 0 amide bonds. The molecule has 1 atom stereocenters. The third kappa shape index (κ3) is 2.66. The van der Waals surface area contributed by atoms with Crippen LogP contribution in [-0.4, -0.2) is 44.2 Å². The van der Waals surface area contributed by atoms with Crippen molar-refractivity contribution in [1.29, 1.82) is 5.26 Å². The molecule has 1 aliphatic rings. The first kappa shape index (κ1) is 10.4. The highest BCUT2D eigenvalue weighted by Crippen LogP contribution is 2.05. The molecule has 1 heterocycles. The molecule has 0 radical (unpaired) electrons. The molecule has 5 nitrogen and oxygen atoms in total. The molecular weight excluding hydrogens is 190 g/mol. The quantitative estimate of drug-likeness (QED) is 0.633. The largest absolute Gasteiger partial charge is 0.312 e. The maximum atomic E-state index is 11.4. The second-order valence-corrected chi connectivity index (χ2v) is 5.10. The zero-order valence-electron chi connectivity index (χ0n) is 7.52. The van der Waals surface area contributed by atoms with Gasteiger partial charge in [0.1, 0.15) is 0 Å². The predicted molar refractivity (Wildman–Crippen MR) is 48.4 cm³/mol. The van der Waals surface area contributed by atoms with E-state index in [-0.39, 0.29) is 6.04 Å². The molecule has 0 spiro atoms. The number of rotatable bonds is 2. The van der Waals surface area contributed by atoms with Crippen molar-refractivity contribution < 1.29 is 8.42 Å². The molecule has 0 aromatic heterocycles. The Morgan fingerprint density at radius 3 is 2.92 bits per heavy atom. The molecule has 1 rings (SSSR count). The van der Waals surface area contributed by atoms with Crippen molar-refractivity contribution in [3.05, 3.63) is 0 Å². The van der Waals surface area contributed by atoms with Crippen LogP contribution in [0.1, 0.15) is 6.92 Å². The van der Waals surface area contributed by atoms with Gasteiger partial charge in [-0.15, -0.1) is 0 Å². The monoisotopic (exact) mass is 203 g/mol. The average molecular weight is 203 g/mol. The van der Waals surface area contributed by atoms with Crippen molar-refractivity contribution in [1.82, 2.24) is 9.62 Å². The van der Waals surface area contributed by atoms with Gasteiger partial charge in [-0.2, -0.15) is 9.57 Å². The van der Waals surface area contributed by atoms with E-state index < -0.39 is 15.8 Å². The lowest BCUT2D eigenvalue weighted by Gasteiger charge is -2.30. The van der Waals surface area contributed by atoms with Crippen LogP contribution in [0.2, 0.25) is 0 Å². The Morgan fingerprint density at radius 2 is 2.38 bits per heavy atom. The molecule has 6 heteroatoms. The highest BCUT2D eigenvalue weighted by atomic mass is 32.2. The van der Waals surface area contributed by atoms with Crippen LogP contribution in [-0.2, 0) is 10.0 Å². The van der Waals surface area contributed by atoms with E-state index in [9.17, 15) is 8.42 Å². The first-order chi connectivity index (χ1) is 6.06. The van der Waals surface area contributed by atoms with E-state index >= 15 is 0 Å². The van der Waals surface area contributed by atoms with E-state index in [1.165, 1.54) is 4.31 Å². The Labute approximate surface area is 78.4 Å². The number of piperazine rings is 1. The summed E-state index contributed by atoms with van der Waals surface area (Å²) in [7, 11) is -3.33. The van der Waals surface area contributed by atoms with Gasteiger partial charge in [-0.25, -0.2) is 8.42 Å². The maximum Gasteiger partial charge on any atom is 0.227 e. The van der Waals surface area contributed by atoms with Gasteiger partial charge in [-0.05, 0) is 6.92 Å². The van der Waals surface area contributed by atoms with Gasteiger partial charge < -0.3 is 5.32 Å². The predicted octanol–water partition coefficient (Wildman–Crippen LogP) is -0.867. The van der Waals surface area contributed by atoms with Crippen LogP contribution < -0.4 is 5.32 Å². The molecule has 1 unspecified atom stereocenters. The fraction of sp³-hybridized carbons (Fsp3) is 0.857. The Kier molecular flexibility index (Phi) is 3.25. The van der Waals surface area contributed by atoms with Crippen LogP contribution in [0.15, 0.2) is 0 Å². The van der Waals surface area contributed by atoms with Gasteiger partial charge >= 0.3 is 0 Å². The van der Waals surface area contributed by atoms with Gasteiger partial charge in [-0.1, -0.05) is 0 Å². The zero-order valence-corrected chi connectivity index (χ0v) is 8.34. The van der Waals surface area contributed by atoms with E-state index in [1.807, 2.05) is 6.92 Å². The van der Waals surface area contributed by atoms with Crippen molar-refractivity contribution in [2.75, 3.05) is 25.4 Å². The molecule has 13 heavy (non-hydrogen) atoms. The van der Waals surface area contributed by atoms with Crippen molar-refractivity contribution in [2.24, 2.45) is 0 Å². The van der Waals surface area contributed by atoms with E-state index in [4.69, 9.17) is 5.26 Å². The molecule has 74 valence electrons. The summed E-state index contributed by atoms with van der Waals surface area (Å²) in [5, 5.41) is 11.5. The summed E-state index contributed by atoms with van der Waals surface area (Å²) in [6, 6.07) is 1.84. The first-order valence-electron chi connectivity index (χ1n) is 4.14. The molecule has 1 aliphatic heterocycles. The summed E-state index contributed by atoms with van der Waals surface area (Å²) in [6.07, 6.45) is 0. The molecular formula is C7H13N3O2S. The summed E-state index contributed by atoms with van der Waals surface area (Å²) >= 11 is 0. The lowest BCUT2D eigenvalue weighted by molar-refractivity contribution is 0.311. The number of hydrogen-bond acceptors (Lipinski definition) is 4. The third-order valence-corrected chi connectivity index (χ3v) is 3.58. The van der Waals surface area contributed by atoms with Gasteiger partial charge in [0, 0.05) is 25.7 Å². The molecule has 1 N–H and O–H groups in total. The Morgan fingerprint density at radius 1 is 1.69 bits per heavy atom. The van der Waals surface area contributed by atoms with E-state index in [2.05, 4.69) is 5.32 Å². The summed E-state index contributed by atoms with van der Waals surface area (Å²) in [4.78, 5) is 0. The maximum absolute atomic E-state index is 11.4. The van der Waals surface area contributed by atoms with Crippen LogP contribution in [0.5, 0.6) is 0 Å². The minimum absolute atomic E-state index is 0.169. The minimum atomic E-state index is -3.33. The highest BCUT2D eigenvalue weighted by Gasteiger charge is 2.26. The van der Waals surface area contributed by atoms with Crippen molar-refractivity contribution in [3.8, 4) is 6.07 Å². The molecule has 0 aromatic rings. The van der Waals surface area contributed by atoms with Gasteiger partial charge in [0.25, 0.3) is 0 Å². The molecule has 1 saturated heterocycles. The van der Waals surface area contributed by atoms with Gasteiger partial charge in [0.2, 0.25) is 10.0 Å². The number of nitrogens with one attached hydrogen (secondary N) is 1. The standard InChI is InChI=1S/C7H13N3O2S/c1-7-6-10(4-3-9-7)13(11,12)5-2-8/h7,9H,3-6H2,1H3. The molecule has 0 bridgehead atoms. The van der Waals surface area contributed by atoms with Gasteiger partial charge in [0.05, 0.1) is 6.07 Å². The Balaban J connectivity index is 2.66. The Hall–Kier alpha value is -0.640. The summed E-state index contributed by atoms with van der Waals surface area (Å²) in [5.41, 5.74) is 0. The van der Waals surface area contributed by atoms with Crippen LogP contribution in [0.3, 0.4) is 0 Å². The lowest BCUT2D eigenvalue weighted by atomic mass is 10.3. The van der Waals surface area contributed by atoms with Crippen LogP contribution >= 0.6 is 0 Å².